The van der Waals surface area contributed by atoms with Crippen LogP contribution in [0.15, 0.2) is 36.5 Å². The van der Waals surface area contributed by atoms with E-state index in [2.05, 4.69) is 21.0 Å². The van der Waals surface area contributed by atoms with Gasteiger partial charge in [-0.15, -0.1) is 0 Å². The Morgan fingerprint density at radius 2 is 2.04 bits per heavy atom. The number of nitrogens with one attached hydrogen (secondary N) is 1. The Morgan fingerprint density at radius 1 is 1.22 bits per heavy atom. The Kier molecular flexibility index (Phi) is 3.93. The molecule has 0 fully saturated rings. The van der Waals surface area contributed by atoms with E-state index in [-0.39, 0.29) is 0 Å². The quantitative estimate of drug-likeness (QED) is 0.749. The number of imidazole rings is 1. The monoisotopic (exact) mass is 306 g/mol. The molecule has 1 N–H and O–H groups in total. The van der Waals surface area contributed by atoms with Crippen LogP contribution in [0.5, 0.6) is 11.5 Å². The second-order valence-corrected chi connectivity index (χ2v) is 4.74. The van der Waals surface area contributed by atoms with Crippen molar-refractivity contribution in [3.8, 4) is 17.6 Å². The van der Waals surface area contributed by atoms with E-state index in [0.29, 0.717) is 28.5 Å². The zero-order chi connectivity index (χ0) is 16.2. The van der Waals surface area contributed by atoms with Crippen LogP contribution in [0.25, 0.3) is 22.8 Å². The number of hydrogen-bond acceptors (Lipinski definition) is 5. The summed E-state index contributed by atoms with van der Waals surface area (Å²) in [6.07, 6.45) is 3.40. The van der Waals surface area contributed by atoms with Crippen molar-refractivity contribution in [1.82, 2.24) is 15.0 Å². The third-order valence-electron chi connectivity index (χ3n) is 3.35. The molecule has 114 valence electrons. The predicted molar refractivity (Wildman–Crippen MR) is 86.9 cm³/mol. The first kappa shape index (κ1) is 14.6. The summed E-state index contributed by atoms with van der Waals surface area (Å²) in [6, 6.07) is 11.3. The molecule has 0 radical (unpaired) electrons. The highest BCUT2D eigenvalue weighted by Gasteiger charge is 2.09. The summed E-state index contributed by atoms with van der Waals surface area (Å²) in [5, 5.41) is 9.44. The van der Waals surface area contributed by atoms with E-state index in [1.165, 1.54) is 0 Å². The fraction of sp³-hybridized carbons (Fsp3) is 0.118. The third kappa shape index (κ3) is 2.85. The maximum absolute atomic E-state index is 9.44. The van der Waals surface area contributed by atoms with Gasteiger partial charge in [0.25, 0.3) is 0 Å². The summed E-state index contributed by atoms with van der Waals surface area (Å²) < 4.78 is 10.5. The molecule has 23 heavy (non-hydrogen) atoms. The minimum absolute atomic E-state index is 0.412. The SMILES string of the molecule is COc1ccc(C=C(C#N)c2nc3ncccc3[nH]2)cc1OC. The van der Waals surface area contributed by atoms with Crippen LogP contribution in [0.4, 0.5) is 0 Å². The van der Waals surface area contributed by atoms with Crippen LogP contribution in [0.2, 0.25) is 0 Å². The van der Waals surface area contributed by atoms with Crippen molar-refractivity contribution in [3.05, 3.63) is 47.9 Å². The van der Waals surface area contributed by atoms with E-state index in [1.807, 2.05) is 18.2 Å². The number of rotatable bonds is 4. The lowest BCUT2D eigenvalue weighted by Crippen LogP contribution is -1.91. The van der Waals surface area contributed by atoms with Gasteiger partial charge in [-0.1, -0.05) is 6.07 Å². The highest BCUT2D eigenvalue weighted by atomic mass is 16.5. The van der Waals surface area contributed by atoms with E-state index in [4.69, 9.17) is 9.47 Å². The summed E-state index contributed by atoms with van der Waals surface area (Å²) in [5.74, 6) is 1.72. The van der Waals surface area contributed by atoms with Crippen LogP contribution in [-0.2, 0) is 0 Å². The molecule has 0 aliphatic heterocycles. The number of nitriles is 1. The number of allylic oxidation sites excluding steroid dienone is 1. The lowest BCUT2D eigenvalue weighted by molar-refractivity contribution is 0.355. The molecule has 3 aromatic rings. The molecule has 0 aliphatic rings. The van der Waals surface area contributed by atoms with E-state index in [9.17, 15) is 5.26 Å². The topological polar surface area (TPSA) is 83.8 Å². The molecule has 0 unspecified atom stereocenters. The lowest BCUT2D eigenvalue weighted by atomic mass is 10.1. The van der Waals surface area contributed by atoms with E-state index < -0.39 is 0 Å². The smallest absolute Gasteiger partial charge is 0.178 e. The lowest BCUT2D eigenvalue weighted by Gasteiger charge is -2.07. The number of H-pyrrole nitrogens is 1. The Bertz CT molecular complexity index is 889. The Hall–Kier alpha value is -3.33. The largest absolute Gasteiger partial charge is 0.493 e. The average molecular weight is 306 g/mol. The molecule has 6 nitrogen and oxygen atoms in total. The summed E-state index contributed by atoms with van der Waals surface area (Å²) in [7, 11) is 3.15. The van der Waals surface area contributed by atoms with Gasteiger partial charge in [0, 0.05) is 6.20 Å². The number of hydrogen-bond donors (Lipinski definition) is 1. The molecule has 3 rings (SSSR count). The summed E-state index contributed by atoms with van der Waals surface area (Å²) >= 11 is 0. The number of nitrogens with zero attached hydrogens (tertiary/aromatic N) is 3. The normalized spacial score (nSPS) is 11.3. The molecule has 0 aliphatic carbocycles. The highest BCUT2D eigenvalue weighted by molar-refractivity contribution is 5.89. The summed E-state index contributed by atoms with van der Waals surface area (Å²) in [5.41, 5.74) is 2.59. The van der Waals surface area contributed by atoms with Crippen molar-refractivity contribution >= 4 is 22.8 Å². The van der Waals surface area contributed by atoms with Gasteiger partial charge in [-0.2, -0.15) is 5.26 Å². The van der Waals surface area contributed by atoms with Crippen molar-refractivity contribution < 1.29 is 9.47 Å². The van der Waals surface area contributed by atoms with Crippen LogP contribution in [0, 0.1) is 11.3 Å². The molecule has 2 heterocycles. The van der Waals surface area contributed by atoms with Gasteiger partial charge >= 0.3 is 0 Å². The number of benzene rings is 1. The number of aromatic nitrogens is 3. The second-order valence-electron chi connectivity index (χ2n) is 4.74. The first-order valence-corrected chi connectivity index (χ1v) is 6.90. The zero-order valence-electron chi connectivity index (χ0n) is 12.7. The maximum atomic E-state index is 9.44. The summed E-state index contributed by atoms with van der Waals surface area (Å²) in [6.45, 7) is 0. The van der Waals surface area contributed by atoms with Gasteiger partial charge in [-0.05, 0) is 35.9 Å². The number of ether oxygens (including phenoxy) is 2. The van der Waals surface area contributed by atoms with Crippen molar-refractivity contribution in [2.75, 3.05) is 14.2 Å². The van der Waals surface area contributed by atoms with Gasteiger partial charge in [0.1, 0.15) is 6.07 Å². The Morgan fingerprint density at radius 3 is 2.74 bits per heavy atom. The van der Waals surface area contributed by atoms with Crippen LogP contribution in [0.1, 0.15) is 11.4 Å². The standard InChI is InChI=1S/C17H14N4O2/c1-22-14-6-5-11(9-15(14)23-2)8-12(10-18)16-20-13-4-3-7-19-17(13)21-16/h3-9H,1-2H3,(H,19,20,21). The molecule has 0 spiro atoms. The molecule has 0 atom stereocenters. The van der Waals surface area contributed by atoms with Crippen molar-refractivity contribution in [3.63, 3.8) is 0 Å². The molecule has 0 saturated heterocycles. The Balaban J connectivity index is 2.03. The molecule has 0 saturated carbocycles. The van der Waals surface area contributed by atoms with Crippen LogP contribution in [-0.4, -0.2) is 29.2 Å². The van der Waals surface area contributed by atoms with E-state index in [0.717, 1.165) is 11.1 Å². The predicted octanol–water partition coefficient (Wildman–Crippen LogP) is 3.04. The molecular formula is C17H14N4O2. The average Bonchev–Trinajstić information content (AvgIpc) is 3.03. The zero-order valence-corrected chi connectivity index (χ0v) is 12.7. The first-order chi connectivity index (χ1) is 11.2. The maximum Gasteiger partial charge on any atom is 0.178 e. The molecule has 1 aromatic carbocycles. The van der Waals surface area contributed by atoms with Gasteiger partial charge in [-0.3, -0.25) is 0 Å². The van der Waals surface area contributed by atoms with Gasteiger partial charge in [-0.25, -0.2) is 9.97 Å². The summed E-state index contributed by atoms with van der Waals surface area (Å²) in [4.78, 5) is 11.6. The van der Waals surface area contributed by atoms with Gasteiger partial charge < -0.3 is 14.5 Å². The minimum Gasteiger partial charge on any atom is -0.493 e. The molecule has 6 heteroatoms. The second kappa shape index (κ2) is 6.20. The highest BCUT2D eigenvalue weighted by Crippen LogP contribution is 2.29. The van der Waals surface area contributed by atoms with Crippen molar-refractivity contribution in [1.29, 1.82) is 5.26 Å². The van der Waals surface area contributed by atoms with Crippen LogP contribution >= 0.6 is 0 Å². The number of fused-ring (bicyclic) bond motifs is 1. The van der Waals surface area contributed by atoms with Gasteiger partial charge in [0.15, 0.2) is 23.0 Å². The molecule has 0 amide bonds. The third-order valence-corrected chi connectivity index (χ3v) is 3.35. The molecular weight excluding hydrogens is 292 g/mol. The molecule has 2 aromatic heterocycles. The fourth-order valence-corrected chi connectivity index (χ4v) is 2.24. The number of aromatic amines is 1. The number of methoxy groups -OCH3 is 2. The van der Waals surface area contributed by atoms with Crippen molar-refractivity contribution in [2.24, 2.45) is 0 Å². The first-order valence-electron chi connectivity index (χ1n) is 6.90. The van der Waals surface area contributed by atoms with Gasteiger partial charge in [0.05, 0.1) is 25.3 Å². The number of pyridine rings is 1. The van der Waals surface area contributed by atoms with Crippen LogP contribution < -0.4 is 9.47 Å². The van der Waals surface area contributed by atoms with Crippen molar-refractivity contribution in [2.45, 2.75) is 0 Å². The Labute approximate surface area is 133 Å². The van der Waals surface area contributed by atoms with E-state index in [1.54, 1.807) is 38.6 Å². The molecule has 0 bridgehead atoms. The fourth-order valence-electron chi connectivity index (χ4n) is 2.24. The van der Waals surface area contributed by atoms with Crippen LogP contribution in [0.3, 0.4) is 0 Å². The van der Waals surface area contributed by atoms with E-state index >= 15 is 0 Å². The van der Waals surface area contributed by atoms with Gasteiger partial charge in [0.2, 0.25) is 0 Å². The minimum atomic E-state index is 0.412.